The van der Waals surface area contributed by atoms with Crippen molar-refractivity contribution < 1.29 is 9.47 Å². The Balaban J connectivity index is 0.000000336. The maximum absolute atomic E-state index is 5.30. The third-order valence-electron chi connectivity index (χ3n) is 1.31. The number of ether oxygens (including phenoxy) is 2. The van der Waals surface area contributed by atoms with Gasteiger partial charge in [-0.25, -0.2) is 0 Å². The van der Waals surface area contributed by atoms with Crippen LogP contribution in [0.4, 0.5) is 0 Å². The molecular weight excluding hydrogens is 152 g/mol. The molecule has 1 aromatic carbocycles. The van der Waals surface area contributed by atoms with Crippen LogP contribution in [0.5, 0.6) is 5.75 Å². The molecule has 12 heavy (non-hydrogen) atoms. The molecule has 0 radical (unpaired) electrons. The number of hydrogen-bond acceptors (Lipinski definition) is 2. The summed E-state index contributed by atoms with van der Waals surface area (Å²) in [6, 6.07) is 9.68. The second kappa shape index (κ2) is 4.78. The smallest absolute Gasteiger partial charge is 0.223 e. The predicted molar refractivity (Wildman–Crippen MR) is 48.2 cm³/mol. The van der Waals surface area contributed by atoms with Gasteiger partial charge in [0, 0.05) is 0 Å². The Morgan fingerprint density at radius 2 is 1.83 bits per heavy atom. The fourth-order valence-corrected chi connectivity index (χ4v) is 0.758. The predicted octanol–water partition coefficient (Wildman–Crippen LogP) is 2.45. The lowest BCUT2D eigenvalue weighted by atomic mass is 10.3. The molecule has 1 fully saturated rings. The Labute approximate surface area is 73.1 Å². The van der Waals surface area contributed by atoms with Gasteiger partial charge in [-0.1, -0.05) is 32.0 Å². The summed E-state index contributed by atoms with van der Waals surface area (Å²) in [5.41, 5.74) is 0. The van der Waals surface area contributed by atoms with Crippen LogP contribution in [0.15, 0.2) is 30.3 Å². The first-order valence-corrected chi connectivity index (χ1v) is 4.28. The SMILES string of the molecule is CC.c1ccc(OC2CO2)cc1. The molecule has 66 valence electrons. The van der Waals surface area contributed by atoms with Crippen molar-refractivity contribution in [3.8, 4) is 5.75 Å². The van der Waals surface area contributed by atoms with Crippen molar-refractivity contribution in [1.82, 2.24) is 0 Å². The van der Waals surface area contributed by atoms with Crippen LogP contribution in [0.1, 0.15) is 13.8 Å². The van der Waals surface area contributed by atoms with Gasteiger partial charge in [-0.15, -0.1) is 0 Å². The molecule has 0 aliphatic carbocycles. The van der Waals surface area contributed by atoms with Gasteiger partial charge in [-0.2, -0.15) is 0 Å². The van der Waals surface area contributed by atoms with Gasteiger partial charge in [-0.05, 0) is 12.1 Å². The van der Waals surface area contributed by atoms with E-state index in [1.54, 1.807) is 0 Å². The first-order chi connectivity index (χ1) is 5.95. The van der Waals surface area contributed by atoms with Crippen LogP contribution >= 0.6 is 0 Å². The van der Waals surface area contributed by atoms with Crippen LogP contribution in [0.3, 0.4) is 0 Å². The Hall–Kier alpha value is -1.02. The normalized spacial score (nSPS) is 19.0. The Kier molecular flexibility index (Phi) is 3.61. The average Bonchev–Trinajstić information content (AvgIpc) is 2.94. The van der Waals surface area contributed by atoms with Gasteiger partial charge in [0.05, 0.1) is 0 Å². The molecule has 2 rings (SSSR count). The molecule has 2 nitrogen and oxygen atoms in total. The van der Waals surface area contributed by atoms with E-state index in [0.29, 0.717) is 0 Å². The molecule has 1 heterocycles. The molecule has 0 saturated carbocycles. The molecule has 0 spiro atoms. The monoisotopic (exact) mass is 166 g/mol. The highest BCUT2D eigenvalue weighted by Crippen LogP contribution is 2.17. The largest absolute Gasteiger partial charge is 0.462 e. The molecule has 0 bridgehead atoms. The van der Waals surface area contributed by atoms with Crippen LogP contribution in [-0.2, 0) is 4.74 Å². The van der Waals surface area contributed by atoms with Gasteiger partial charge in [0.25, 0.3) is 0 Å². The summed E-state index contributed by atoms with van der Waals surface area (Å²) in [7, 11) is 0. The molecular formula is C10H14O2. The third kappa shape index (κ3) is 2.93. The van der Waals surface area contributed by atoms with E-state index in [1.165, 1.54) is 0 Å². The Morgan fingerprint density at radius 1 is 1.25 bits per heavy atom. The van der Waals surface area contributed by atoms with Gasteiger partial charge >= 0.3 is 0 Å². The highest BCUT2D eigenvalue weighted by atomic mass is 16.8. The lowest BCUT2D eigenvalue weighted by Crippen LogP contribution is -1.96. The van der Waals surface area contributed by atoms with Crippen molar-refractivity contribution >= 4 is 0 Å². The lowest BCUT2D eigenvalue weighted by molar-refractivity contribution is 0.179. The number of epoxide rings is 1. The highest BCUT2D eigenvalue weighted by Gasteiger charge is 2.24. The minimum atomic E-state index is 0.0161. The van der Waals surface area contributed by atoms with E-state index in [0.717, 1.165) is 12.4 Å². The number of para-hydroxylation sites is 1. The minimum absolute atomic E-state index is 0.0161. The standard InChI is InChI=1S/C8H8O2.C2H6/c1-2-4-7(5-3-1)10-8-6-9-8;1-2/h1-5,8H,6H2;1-2H3. The second-order valence-corrected chi connectivity index (χ2v) is 2.19. The third-order valence-corrected chi connectivity index (χ3v) is 1.31. The van der Waals surface area contributed by atoms with E-state index in [9.17, 15) is 0 Å². The fraction of sp³-hybridized carbons (Fsp3) is 0.400. The Bertz CT molecular complexity index is 204. The van der Waals surface area contributed by atoms with Crippen molar-refractivity contribution in [2.24, 2.45) is 0 Å². The summed E-state index contributed by atoms with van der Waals surface area (Å²) in [6.07, 6.45) is 0.0161. The van der Waals surface area contributed by atoms with Gasteiger partial charge in [0.15, 0.2) is 0 Å². The van der Waals surface area contributed by atoms with Crippen molar-refractivity contribution in [2.75, 3.05) is 6.61 Å². The molecule has 2 heteroatoms. The highest BCUT2D eigenvalue weighted by molar-refractivity contribution is 5.21. The van der Waals surface area contributed by atoms with Crippen LogP contribution in [0.2, 0.25) is 0 Å². The molecule has 1 unspecified atom stereocenters. The van der Waals surface area contributed by atoms with E-state index in [1.807, 2.05) is 44.2 Å². The maximum Gasteiger partial charge on any atom is 0.223 e. The topological polar surface area (TPSA) is 21.8 Å². The van der Waals surface area contributed by atoms with E-state index in [4.69, 9.17) is 9.47 Å². The molecule has 1 aliphatic heterocycles. The zero-order valence-corrected chi connectivity index (χ0v) is 7.49. The lowest BCUT2D eigenvalue weighted by Gasteiger charge is -1.98. The molecule has 0 amide bonds. The summed E-state index contributed by atoms with van der Waals surface area (Å²) < 4.78 is 10.2. The van der Waals surface area contributed by atoms with Crippen molar-refractivity contribution in [3.63, 3.8) is 0 Å². The first-order valence-electron chi connectivity index (χ1n) is 4.28. The second-order valence-electron chi connectivity index (χ2n) is 2.19. The number of benzene rings is 1. The summed E-state index contributed by atoms with van der Waals surface area (Å²) in [6.45, 7) is 4.73. The average molecular weight is 166 g/mol. The van der Waals surface area contributed by atoms with Crippen LogP contribution in [0.25, 0.3) is 0 Å². The summed E-state index contributed by atoms with van der Waals surface area (Å²) >= 11 is 0. The summed E-state index contributed by atoms with van der Waals surface area (Å²) in [4.78, 5) is 0. The molecule has 0 N–H and O–H groups in total. The van der Waals surface area contributed by atoms with Gasteiger partial charge in [0.2, 0.25) is 6.29 Å². The number of hydrogen-bond donors (Lipinski definition) is 0. The van der Waals surface area contributed by atoms with Crippen LogP contribution in [0, 0.1) is 0 Å². The molecule has 1 atom stereocenters. The zero-order chi connectivity index (χ0) is 8.81. The van der Waals surface area contributed by atoms with E-state index in [-0.39, 0.29) is 6.29 Å². The zero-order valence-electron chi connectivity index (χ0n) is 7.49. The van der Waals surface area contributed by atoms with E-state index >= 15 is 0 Å². The van der Waals surface area contributed by atoms with Crippen molar-refractivity contribution in [1.29, 1.82) is 0 Å². The molecule has 1 saturated heterocycles. The van der Waals surface area contributed by atoms with E-state index in [2.05, 4.69) is 0 Å². The van der Waals surface area contributed by atoms with Crippen molar-refractivity contribution in [2.45, 2.75) is 20.1 Å². The van der Waals surface area contributed by atoms with Crippen molar-refractivity contribution in [3.05, 3.63) is 30.3 Å². The molecule has 0 aromatic heterocycles. The maximum atomic E-state index is 5.30. The summed E-state index contributed by atoms with van der Waals surface area (Å²) in [5.74, 6) is 0.880. The van der Waals surface area contributed by atoms with Gasteiger partial charge < -0.3 is 9.47 Å². The van der Waals surface area contributed by atoms with Crippen LogP contribution < -0.4 is 4.74 Å². The number of rotatable bonds is 2. The van der Waals surface area contributed by atoms with E-state index < -0.39 is 0 Å². The quantitative estimate of drug-likeness (QED) is 0.629. The van der Waals surface area contributed by atoms with Gasteiger partial charge in [0.1, 0.15) is 12.4 Å². The first kappa shape index (κ1) is 9.07. The molecule has 1 aromatic rings. The molecule has 1 aliphatic rings. The summed E-state index contributed by atoms with van der Waals surface area (Å²) in [5, 5.41) is 0. The Morgan fingerprint density at radius 3 is 2.33 bits per heavy atom. The van der Waals surface area contributed by atoms with Gasteiger partial charge in [-0.3, -0.25) is 0 Å². The minimum Gasteiger partial charge on any atom is -0.462 e. The van der Waals surface area contributed by atoms with Crippen LogP contribution in [-0.4, -0.2) is 12.9 Å². The fourth-order valence-electron chi connectivity index (χ4n) is 0.758.